The van der Waals surface area contributed by atoms with Gasteiger partial charge in [-0.05, 0) is 18.8 Å². The summed E-state index contributed by atoms with van der Waals surface area (Å²) in [4.78, 5) is 0. The monoisotopic (exact) mass is 252 g/mol. The summed E-state index contributed by atoms with van der Waals surface area (Å²) >= 11 is 0. The van der Waals surface area contributed by atoms with Crippen LogP contribution in [-0.2, 0) is 17.8 Å². The molecule has 18 heavy (non-hydrogen) atoms. The van der Waals surface area contributed by atoms with E-state index in [1.165, 1.54) is 32.1 Å². The molecule has 0 spiro atoms. The van der Waals surface area contributed by atoms with E-state index in [2.05, 4.69) is 17.2 Å². The van der Waals surface area contributed by atoms with Gasteiger partial charge in [-0.1, -0.05) is 31.4 Å². The predicted molar refractivity (Wildman–Crippen MR) is 69.9 cm³/mol. The summed E-state index contributed by atoms with van der Waals surface area (Å²) in [6, 6.07) is 0. The van der Waals surface area contributed by atoms with E-state index in [0.29, 0.717) is 19.3 Å². The number of nitrogens with two attached hydrogens (primary N) is 1. The minimum absolute atomic E-state index is 0.446. The summed E-state index contributed by atoms with van der Waals surface area (Å²) in [5.41, 5.74) is 6.32. The first-order valence-corrected chi connectivity index (χ1v) is 7.02. The molecule has 102 valence electrons. The zero-order chi connectivity index (χ0) is 12.8. The largest absolute Gasteiger partial charge is 0.376 e. The van der Waals surface area contributed by atoms with Gasteiger partial charge in [0.05, 0.1) is 24.9 Å². The Bertz CT molecular complexity index is 353. The van der Waals surface area contributed by atoms with Crippen molar-refractivity contribution >= 4 is 0 Å². The molecule has 2 unspecified atom stereocenters. The van der Waals surface area contributed by atoms with Gasteiger partial charge in [0.2, 0.25) is 0 Å². The molecule has 1 heterocycles. The Kier molecular flexibility index (Phi) is 5.13. The molecule has 0 amide bonds. The smallest absolute Gasteiger partial charge is 0.0962 e. The van der Waals surface area contributed by atoms with Gasteiger partial charge in [-0.25, -0.2) is 4.68 Å². The van der Waals surface area contributed by atoms with Crippen LogP contribution < -0.4 is 5.73 Å². The fourth-order valence-corrected chi connectivity index (χ4v) is 2.62. The quantitative estimate of drug-likeness (QED) is 0.837. The van der Waals surface area contributed by atoms with Crippen LogP contribution in [0.4, 0.5) is 0 Å². The van der Waals surface area contributed by atoms with Crippen molar-refractivity contribution in [3.63, 3.8) is 0 Å². The van der Waals surface area contributed by atoms with Gasteiger partial charge in [0.1, 0.15) is 0 Å². The lowest BCUT2D eigenvalue weighted by atomic mass is 9.85. The molecule has 1 aliphatic carbocycles. The highest BCUT2D eigenvalue weighted by Crippen LogP contribution is 2.28. The number of aromatic nitrogens is 3. The maximum absolute atomic E-state index is 5.94. The summed E-state index contributed by atoms with van der Waals surface area (Å²) in [5, 5.41) is 7.97. The first-order valence-electron chi connectivity index (χ1n) is 7.02. The molecule has 0 radical (unpaired) electrons. The summed E-state index contributed by atoms with van der Waals surface area (Å²) < 4.78 is 7.75. The second kappa shape index (κ2) is 6.85. The van der Waals surface area contributed by atoms with Crippen LogP contribution >= 0.6 is 0 Å². The zero-order valence-corrected chi connectivity index (χ0v) is 11.2. The van der Waals surface area contributed by atoms with Crippen LogP contribution in [0.15, 0.2) is 6.20 Å². The molecule has 0 bridgehead atoms. The number of rotatable bonds is 6. The predicted octanol–water partition coefficient (Wildman–Crippen LogP) is 1.72. The molecule has 5 nitrogen and oxygen atoms in total. The van der Waals surface area contributed by atoms with Crippen molar-refractivity contribution in [1.82, 2.24) is 15.0 Å². The summed E-state index contributed by atoms with van der Waals surface area (Å²) in [6.07, 6.45) is 8.73. The van der Waals surface area contributed by atoms with Gasteiger partial charge < -0.3 is 10.5 Å². The van der Waals surface area contributed by atoms with Crippen molar-refractivity contribution in [3.05, 3.63) is 11.9 Å². The van der Waals surface area contributed by atoms with E-state index in [9.17, 15) is 0 Å². The van der Waals surface area contributed by atoms with Crippen LogP contribution in [-0.4, -0.2) is 27.7 Å². The van der Waals surface area contributed by atoms with Gasteiger partial charge in [-0.15, -0.1) is 5.10 Å². The lowest BCUT2D eigenvalue weighted by molar-refractivity contribution is 0.00752. The van der Waals surface area contributed by atoms with Crippen molar-refractivity contribution in [3.8, 4) is 0 Å². The second-order valence-electron chi connectivity index (χ2n) is 5.11. The average Bonchev–Trinajstić information content (AvgIpc) is 2.87. The van der Waals surface area contributed by atoms with Gasteiger partial charge in [-0.2, -0.15) is 0 Å². The maximum atomic E-state index is 5.94. The van der Waals surface area contributed by atoms with Gasteiger partial charge in [0, 0.05) is 12.7 Å². The Hall–Kier alpha value is -0.940. The Morgan fingerprint density at radius 2 is 2.39 bits per heavy atom. The molecular formula is C13H24N4O. The van der Waals surface area contributed by atoms with E-state index in [-0.39, 0.29) is 0 Å². The molecule has 0 aliphatic heterocycles. The number of ether oxygens (including phenoxy) is 1. The van der Waals surface area contributed by atoms with Gasteiger partial charge >= 0.3 is 0 Å². The maximum Gasteiger partial charge on any atom is 0.0962 e. The molecule has 2 rings (SSSR count). The molecule has 0 aromatic carbocycles. The highest BCUT2D eigenvalue weighted by Gasteiger charge is 2.20. The number of nitrogens with zero attached hydrogens (tertiary/aromatic N) is 3. The number of hydrogen-bond acceptors (Lipinski definition) is 4. The van der Waals surface area contributed by atoms with E-state index in [1.54, 1.807) is 0 Å². The first kappa shape index (κ1) is 13.5. The fraction of sp³-hybridized carbons (Fsp3) is 0.846. The van der Waals surface area contributed by atoms with Crippen molar-refractivity contribution in [1.29, 1.82) is 0 Å². The van der Waals surface area contributed by atoms with Crippen LogP contribution in [0.1, 0.15) is 44.7 Å². The van der Waals surface area contributed by atoms with Gasteiger partial charge in [0.15, 0.2) is 0 Å². The van der Waals surface area contributed by atoms with Gasteiger partial charge in [0.25, 0.3) is 0 Å². The Labute approximate surface area is 109 Å². The van der Waals surface area contributed by atoms with E-state index < -0.39 is 0 Å². The molecule has 1 aromatic rings. The summed E-state index contributed by atoms with van der Waals surface area (Å²) in [6.45, 7) is 4.20. The summed E-state index contributed by atoms with van der Waals surface area (Å²) in [5.74, 6) is 0.860. The third-order valence-electron chi connectivity index (χ3n) is 3.78. The third-order valence-corrected chi connectivity index (χ3v) is 3.78. The summed E-state index contributed by atoms with van der Waals surface area (Å²) in [7, 11) is 0. The molecule has 2 atom stereocenters. The van der Waals surface area contributed by atoms with Crippen molar-refractivity contribution in [2.45, 2.75) is 58.2 Å². The molecule has 1 saturated carbocycles. The van der Waals surface area contributed by atoms with Crippen LogP contribution in [0.25, 0.3) is 0 Å². The average molecular weight is 252 g/mol. The van der Waals surface area contributed by atoms with Crippen LogP contribution in [0.2, 0.25) is 0 Å². The SMILES string of the molecule is CCC1CCCC(OCCn2cc(CN)nn2)C1. The van der Waals surface area contributed by atoms with Crippen molar-refractivity contribution < 1.29 is 4.74 Å². The van der Waals surface area contributed by atoms with Crippen LogP contribution in [0, 0.1) is 5.92 Å². The lowest BCUT2D eigenvalue weighted by Crippen LogP contribution is -2.24. The van der Waals surface area contributed by atoms with E-state index in [4.69, 9.17) is 10.5 Å². The van der Waals surface area contributed by atoms with E-state index in [0.717, 1.165) is 18.2 Å². The van der Waals surface area contributed by atoms with Crippen LogP contribution in [0.3, 0.4) is 0 Å². The topological polar surface area (TPSA) is 66.0 Å². The Morgan fingerprint density at radius 1 is 1.50 bits per heavy atom. The molecule has 1 aromatic heterocycles. The minimum Gasteiger partial charge on any atom is -0.376 e. The van der Waals surface area contributed by atoms with Crippen molar-refractivity contribution in [2.24, 2.45) is 11.7 Å². The standard InChI is InChI=1S/C13H24N4O/c1-2-11-4-3-5-13(8-11)18-7-6-17-10-12(9-14)15-16-17/h10-11,13H,2-9,14H2,1H3. The molecule has 2 N–H and O–H groups in total. The molecule has 0 saturated heterocycles. The lowest BCUT2D eigenvalue weighted by Gasteiger charge is -2.28. The highest BCUT2D eigenvalue weighted by molar-refractivity contribution is 4.90. The highest BCUT2D eigenvalue weighted by atomic mass is 16.5. The number of hydrogen-bond donors (Lipinski definition) is 1. The van der Waals surface area contributed by atoms with Crippen LogP contribution in [0.5, 0.6) is 0 Å². The molecular weight excluding hydrogens is 228 g/mol. The van der Waals surface area contributed by atoms with Crippen molar-refractivity contribution in [2.75, 3.05) is 6.61 Å². The molecule has 5 heteroatoms. The normalized spacial score (nSPS) is 24.3. The fourth-order valence-electron chi connectivity index (χ4n) is 2.62. The zero-order valence-electron chi connectivity index (χ0n) is 11.2. The molecule has 1 aliphatic rings. The second-order valence-corrected chi connectivity index (χ2v) is 5.11. The third kappa shape index (κ3) is 3.78. The Balaban J connectivity index is 1.68. The first-order chi connectivity index (χ1) is 8.81. The van der Waals surface area contributed by atoms with Gasteiger partial charge in [-0.3, -0.25) is 0 Å². The minimum atomic E-state index is 0.446. The Morgan fingerprint density at radius 3 is 3.11 bits per heavy atom. The van der Waals surface area contributed by atoms with E-state index in [1.807, 2.05) is 10.9 Å². The molecule has 1 fully saturated rings. The van der Waals surface area contributed by atoms with E-state index >= 15 is 0 Å².